The highest BCUT2D eigenvalue weighted by Crippen LogP contribution is 2.28. The zero-order valence-electron chi connectivity index (χ0n) is 10.8. The van der Waals surface area contributed by atoms with Crippen molar-refractivity contribution in [2.24, 2.45) is 0 Å². The Morgan fingerprint density at radius 1 is 1.45 bits per heavy atom. The largest absolute Gasteiger partial charge is 0.480 e. The van der Waals surface area contributed by atoms with Crippen molar-refractivity contribution >= 4 is 17.7 Å². The van der Waals surface area contributed by atoms with Gasteiger partial charge in [0.15, 0.2) is 6.04 Å². The van der Waals surface area contributed by atoms with Crippen molar-refractivity contribution in [1.82, 2.24) is 5.32 Å². The third-order valence-electron chi connectivity index (χ3n) is 3.22. The van der Waals surface area contributed by atoms with E-state index in [1.807, 2.05) is 0 Å². The summed E-state index contributed by atoms with van der Waals surface area (Å²) in [6.07, 6.45) is -0.652. The summed E-state index contributed by atoms with van der Waals surface area (Å²) in [6.45, 7) is 1.62. The van der Waals surface area contributed by atoms with Gasteiger partial charge in [-0.05, 0) is 31.0 Å². The minimum atomic E-state index is -1.40. The van der Waals surface area contributed by atoms with Crippen molar-refractivity contribution in [2.45, 2.75) is 25.5 Å². The molecule has 3 N–H and O–H groups in total. The van der Waals surface area contributed by atoms with Crippen LogP contribution in [-0.2, 0) is 11.2 Å². The highest BCUT2D eigenvalue weighted by atomic mass is 19.1. The number of benzene rings is 1. The van der Waals surface area contributed by atoms with E-state index in [0.717, 1.165) is 5.56 Å². The van der Waals surface area contributed by atoms with Crippen LogP contribution in [0.1, 0.15) is 12.5 Å². The van der Waals surface area contributed by atoms with E-state index in [1.165, 1.54) is 24.0 Å². The van der Waals surface area contributed by atoms with Crippen LogP contribution in [0.25, 0.3) is 0 Å². The molecule has 2 rings (SSSR count). The molecule has 1 aliphatic heterocycles. The molecular formula is C13H15FN2O4. The Kier molecular flexibility index (Phi) is 3.89. The second kappa shape index (κ2) is 5.46. The summed E-state index contributed by atoms with van der Waals surface area (Å²) in [4.78, 5) is 24.3. The third kappa shape index (κ3) is 2.72. The first kappa shape index (κ1) is 14.3. The number of urea groups is 1. The van der Waals surface area contributed by atoms with Crippen LogP contribution in [0.4, 0.5) is 14.9 Å². The summed E-state index contributed by atoms with van der Waals surface area (Å²) in [5, 5.41) is 20.5. The van der Waals surface area contributed by atoms with Gasteiger partial charge in [0, 0.05) is 6.54 Å². The van der Waals surface area contributed by atoms with Crippen LogP contribution in [0.5, 0.6) is 0 Å². The number of hydrogen-bond donors (Lipinski definition) is 3. The van der Waals surface area contributed by atoms with Crippen LogP contribution in [-0.4, -0.2) is 40.9 Å². The van der Waals surface area contributed by atoms with Gasteiger partial charge in [0.2, 0.25) is 0 Å². The Morgan fingerprint density at radius 2 is 2.15 bits per heavy atom. The van der Waals surface area contributed by atoms with Gasteiger partial charge < -0.3 is 15.5 Å². The van der Waals surface area contributed by atoms with Crippen molar-refractivity contribution in [2.75, 3.05) is 11.4 Å². The van der Waals surface area contributed by atoms with E-state index in [4.69, 9.17) is 5.11 Å². The molecule has 1 aromatic rings. The van der Waals surface area contributed by atoms with Crippen molar-refractivity contribution < 1.29 is 24.2 Å². The lowest BCUT2D eigenvalue weighted by Crippen LogP contribution is -2.52. The highest BCUT2D eigenvalue weighted by Gasteiger charge is 2.30. The predicted octanol–water partition coefficient (Wildman–Crippen LogP) is 0.732. The molecule has 0 bridgehead atoms. The molecule has 2 amide bonds. The number of halogens is 1. The number of nitrogens with zero attached hydrogens (tertiary/aromatic N) is 1. The number of aliphatic hydroxyl groups excluding tert-OH is 1. The van der Waals surface area contributed by atoms with E-state index in [1.54, 1.807) is 6.07 Å². The number of carbonyl (C=O) groups is 2. The normalized spacial score (nSPS) is 16.4. The number of rotatable bonds is 3. The van der Waals surface area contributed by atoms with Gasteiger partial charge in [-0.15, -0.1) is 0 Å². The summed E-state index contributed by atoms with van der Waals surface area (Å²) in [7, 11) is 0. The van der Waals surface area contributed by atoms with Crippen LogP contribution >= 0.6 is 0 Å². The van der Waals surface area contributed by atoms with E-state index in [2.05, 4.69) is 5.32 Å². The van der Waals surface area contributed by atoms with E-state index in [0.29, 0.717) is 18.7 Å². The summed E-state index contributed by atoms with van der Waals surface area (Å²) in [5.74, 6) is -1.79. The van der Waals surface area contributed by atoms with Crippen LogP contribution in [0.15, 0.2) is 18.2 Å². The quantitative estimate of drug-likeness (QED) is 0.762. The van der Waals surface area contributed by atoms with Gasteiger partial charge in [-0.1, -0.05) is 6.07 Å². The fourth-order valence-electron chi connectivity index (χ4n) is 2.16. The van der Waals surface area contributed by atoms with Gasteiger partial charge in [0.1, 0.15) is 5.82 Å². The number of anilines is 1. The molecule has 0 saturated carbocycles. The van der Waals surface area contributed by atoms with Gasteiger partial charge in [0.25, 0.3) is 0 Å². The summed E-state index contributed by atoms with van der Waals surface area (Å²) in [6, 6.07) is 2.08. The average molecular weight is 282 g/mol. The maximum Gasteiger partial charge on any atom is 0.328 e. The Bertz CT molecular complexity index is 547. The fourth-order valence-corrected chi connectivity index (χ4v) is 2.16. The molecule has 6 nitrogen and oxygen atoms in total. The lowest BCUT2D eigenvalue weighted by molar-refractivity contribution is -0.141. The van der Waals surface area contributed by atoms with Crippen LogP contribution < -0.4 is 10.2 Å². The summed E-state index contributed by atoms with van der Waals surface area (Å²) >= 11 is 0. The minimum Gasteiger partial charge on any atom is -0.480 e. The number of aliphatic carboxylic acids is 1. The first-order valence-electron chi connectivity index (χ1n) is 6.17. The molecule has 108 valence electrons. The van der Waals surface area contributed by atoms with E-state index < -0.39 is 30.0 Å². The molecule has 2 unspecified atom stereocenters. The lowest BCUT2D eigenvalue weighted by atomic mass is 10.1. The topological polar surface area (TPSA) is 89.9 Å². The molecule has 0 fully saturated rings. The lowest BCUT2D eigenvalue weighted by Gasteiger charge is -2.23. The zero-order valence-corrected chi connectivity index (χ0v) is 10.8. The summed E-state index contributed by atoms with van der Waals surface area (Å²) in [5.41, 5.74) is 1.25. The number of amides is 2. The molecular weight excluding hydrogens is 267 g/mol. The number of aliphatic hydroxyl groups is 1. The number of carboxylic acid groups (broad SMARTS) is 1. The molecule has 7 heteroatoms. The first-order chi connectivity index (χ1) is 9.40. The molecule has 0 aliphatic carbocycles. The Hall–Kier alpha value is -2.15. The predicted molar refractivity (Wildman–Crippen MR) is 69.1 cm³/mol. The molecule has 1 heterocycles. The van der Waals surface area contributed by atoms with E-state index in [9.17, 15) is 19.1 Å². The Labute approximate surface area is 114 Å². The maximum atomic E-state index is 13.2. The smallest absolute Gasteiger partial charge is 0.328 e. The van der Waals surface area contributed by atoms with Gasteiger partial charge in [-0.25, -0.2) is 14.0 Å². The van der Waals surface area contributed by atoms with E-state index >= 15 is 0 Å². The van der Waals surface area contributed by atoms with Crippen molar-refractivity contribution in [3.63, 3.8) is 0 Å². The third-order valence-corrected chi connectivity index (χ3v) is 3.22. The monoisotopic (exact) mass is 282 g/mol. The number of fused-ring (bicyclic) bond motifs is 1. The molecule has 0 aromatic heterocycles. The van der Waals surface area contributed by atoms with Crippen LogP contribution in [0.2, 0.25) is 0 Å². The molecule has 0 saturated heterocycles. The molecule has 1 aromatic carbocycles. The number of carboxylic acids is 1. The van der Waals surface area contributed by atoms with Gasteiger partial charge in [-0.3, -0.25) is 4.90 Å². The minimum absolute atomic E-state index is 0.344. The molecule has 0 radical (unpaired) electrons. The van der Waals surface area contributed by atoms with Crippen molar-refractivity contribution in [1.29, 1.82) is 0 Å². The van der Waals surface area contributed by atoms with E-state index in [-0.39, 0.29) is 0 Å². The highest BCUT2D eigenvalue weighted by molar-refractivity contribution is 5.96. The molecule has 2 atom stereocenters. The Morgan fingerprint density at radius 3 is 2.75 bits per heavy atom. The number of nitrogens with one attached hydrogen (secondary N) is 1. The second-order valence-corrected chi connectivity index (χ2v) is 4.68. The maximum absolute atomic E-state index is 13.2. The second-order valence-electron chi connectivity index (χ2n) is 4.68. The molecule has 20 heavy (non-hydrogen) atoms. The molecule has 1 aliphatic rings. The Balaban J connectivity index is 2.16. The number of carbonyl (C=O) groups excluding carboxylic acids is 1. The summed E-state index contributed by atoms with van der Waals surface area (Å²) < 4.78 is 13.2. The molecule has 0 spiro atoms. The van der Waals surface area contributed by atoms with Gasteiger partial charge in [0.05, 0.1) is 11.8 Å². The van der Waals surface area contributed by atoms with Crippen LogP contribution in [0.3, 0.4) is 0 Å². The van der Waals surface area contributed by atoms with Gasteiger partial charge >= 0.3 is 12.0 Å². The van der Waals surface area contributed by atoms with Crippen molar-refractivity contribution in [3.8, 4) is 0 Å². The average Bonchev–Trinajstić information content (AvgIpc) is 2.77. The first-order valence-corrected chi connectivity index (χ1v) is 6.17. The number of hydrogen-bond acceptors (Lipinski definition) is 3. The SMILES string of the molecule is CC(O)C(NC(=O)N1CCc2ccc(F)cc21)C(=O)O. The van der Waals surface area contributed by atoms with Crippen LogP contribution in [0, 0.1) is 5.82 Å². The fraction of sp³-hybridized carbons (Fsp3) is 0.385. The van der Waals surface area contributed by atoms with Gasteiger partial charge in [-0.2, -0.15) is 0 Å². The standard InChI is InChI=1S/C13H15FN2O4/c1-7(17)11(12(18)19)15-13(20)16-5-4-8-2-3-9(14)6-10(8)16/h2-3,6-7,11,17H,4-5H2,1H3,(H,15,20)(H,18,19). The van der Waals surface area contributed by atoms with Crippen molar-refractivity contribution in [3.05, 3.63) is 29.6 Å². The zero-order chi connectivity index (χ0) is 14.9.